The second kappa shape index (κ2) is 9.61. The van der Waals surface area contributed by atoms with Crippen molar-refractivity contribution in [1.82, 2.24) is 20.0 Å². The van der Waals surface area contributed by atoms with Crippen molar-refractivity contribution in [3.05, 3.63) is 66.7 Å². The van der Waals surface area contributed by atoms with Gasteiger partial charge in [-0.15, -0.1) is 0 Å². The summed E-state index contributed by atoms with van der Waals surface area (Å²) in [5.74, 6) is 0.666. The highest BCUT2D eigenvalue weighted by Crippen LogP contribution is 2.32. The van der Waals surface area contributed by atoms with E-state index in [0.717, 1.165) is 29.7 Å². The van der Waals surface area contributed by atoms with Crippen molar-refractivity contribution >= 4 is 51.9 Å². The van der Waals surface area contributed by atoms with Crippen LogP contribution in [0.2, 0.25) is 0 Å². The number of amides is 2. The highest BCUT2D eigenvalue weighted by molar-refractivity contribution is 7.73. The summed E-state index contributed by atoms with van der Waals surface area (Å²) in [6.07, 6.45) is 1.86. The minimum atomic E-state index is -0.372. The molecule has 1 atom stereocenters. The summed E-state index contributed by atoms with van der Waals surface area (Å²) >= 11 is 6.66. The third kappa shape index (κ3) is 4.47. The fourth-order valence-electron chi connectivity index (χ4n) is 4.51. The number of aromatic nitrogens is 2. The molecule has 10 nitrogen and oxygen atoms in total. The average molecular weight is 539 g/mol. The van der Waals surface area contributed by atoms with Crippen LogP contribution in [0.5, 0.6) is 11.5 Å². The fourth-order valence-corrected chi connectivity index (χ4v) is 5.81. The molecule has 4 aromatic rings. The first-order valence-corrected chi connectivity index (χ1v) is 13.0. The number of hydrogen-bond acceptors (Lipinski definition) is 8. The Bertz CT molecular complexity index is 1670. The van der Waals surface area contributed by atoms with E-state index in [1.54, 1.807) is 28.7 Å². The number of nitrogens with one attached hydrogen (secondary N) is 3. The molecular weight excluding hydrogens is 516 g/mol. The van der Waals surface area contributed by atoms with E-state index in [9.17, 15) is 14.4 Å². The quantitative estimate of drug-likeness (QED) is 0.322. The molecule has 2 aromatic carbocycles. The lowest BCUT2D eigenvalue weighted by Gasteiger charge is -2.10. The van der Waals surface area contributed by atoms with E-state index in [2.05, 4.69) is 15.6 Å². The second-order valence-corrected chi connectivity index (χ2v) is 10.4. The Morgan fingerprint density at radius 3 is 2.81 bits per heavy atom. The Balaban J connectivity index is 1.28. The second-order valence-electron chi connectivity index (χ2n) is 8.78. The predicted molar refractivity (Wildman–Crippen MR) is 139 cm³/mol. The third-order valence-corrected chi connectivity index (χ3v) is 7.77. The van der Waals surface area contributed by atoms with Crippen molar-refractivity contribution in [3.8, 4) is 11.5 Å². The van der Waals surface area contributed by atoms with Crippen LogP contribution in [0.4, 0.5) is 0 Å². The van der Waals surface area contributed by atoms with Gasteiger partial charge in [-0.25, -0.2) is 0 Å². The molecule has 0 aliphatic carbocycles. The number of H-pyrrole nitrogens is 1. The molecule has 6 rings (SSSR count). The maximum Gasteiger partial charge on any atom is 0.265 e. The van der Waals surface area contributed by atoms with Crippen LogP contribution in [-0.4, -0.2) is 47.2 Å². The summed E-state index contributed by atoms with van der Waals surface area (Å²) < 4.78 is 18.3. The number of rotatable bonds is 6. The third-order valence-electron chi connectivity index (χ3n) is 6.40. The average Bonchev–Trinajstić information content (AvgIpc) is 3.66. The Kier molecular flexibility index (Phi) is 6.14. The number of hydrogen-bond donors (Lipinski definition) is 3. The Labute approximate surface area is 219 Å². The van der Waals surface area contributed by atoms with Crippen molar-refractivity contribution in [2.24, 2.45) is 0 Å². The number of carbonyl (C=O) groups is 2. The first-order chi connectivity index (χ1) is 18.0. The minimum Gasteiger partial charge on any atom is -0.454 e. The first kappa shape index (κ1) is 23.6. The molecule has 37 heavy (non-hydrogen) atoms. The van der Waals surface area contributed by atoms with Crippen molar-refractivity contribution < 1.29 is 23.8 Å². The molecular formula is C25H22N4O6S2. The lowest BCUT2D eigenvalue weighted by molar-refractivity contribution is 0.0861. The van der Waals surface area contributed by atoms with Crippen molar-refractivity contribution in [2.75, 3.05) is 19.9 Å². The number of nitrogens with zero attached hydrogens (tertiary/aromatic N) is 1. The Morgan fingerprint density at radius 1 is 1.11 bits per heavy atom. The molecule has 190 valence electrons. The lowest BCUT2D eigenvalue weighted by Crippen LogP contribution is -2.31. The molecule has 2 amide bonds. The zero-order valence-electron chi connectivity index (χ0n) is 19.5. The monoisotopic (exact) mass is 538 g/mol. The van der Waals surface area contributed by atoms with Crippen LogP contribution in [0.3, 0.4) is 0 Å². The molecule has 0 bridgehead atoms. The van der Waals surface area contributed by atoms with Gasteiger partial charge >= 0.3 is 0 Å². The van der Waals surface area contributed by atoms with Crippen LogP contribution in [-0.2, 0) is 11.3 Å². The van der Waals surface area contributed by atoms with E-state index in [1.807, 2.05) is 12.1 Å². The summed E-state index contributed by atoms with van der Waals surface area (Å²) in [6.45, 7) is 1.55. The highest BCUT2D eigenvalue weighted by atomic mass is 32.1. The van der Waals surface area contributed by atoms with Crippen LogP contribution in [0.15, 0.2) is 41.2 Å². The number of ether oxygens (including phenoxy) is 3. The number of carbonyl (C=O) groups excluding carboxylic acids is 2. The molecule has 2 aliphatic heterocycles. The van der Waals surface area contributed by atoms with Gasteiger partial charge in [-0.1, -0.05) is 17.4 Å². The number of benzene rings is 2. The van der Waals surface area contributed by atoms with Gasteiger partial charge in [0, 0.05) is 25.3 Å². The summed E-state index contributed by atoms with van der Waals surface area (Å²) in [5.41, 5.74) is 1.60. The molecule has 3 N–H and O–H groups in total. The maximum atomic E-state index is 13.0. The van der Waals surface area contributed by atoms with Gasteiger partial charge in [0.05, 0.1) is 17.0 Å². The smallest absolute Gasteiger partial charge is 0.265 e. The van der Waals surface area contributed by atoms with Crippen molar-refractivity contribution in [2.45, 2.75) is 25.5 Å². The molecule has 4 heterocycles. The van der Waals surface area contributed by atoms with Gasteiger partial charge in [-0.3, -0.25) is 18.8 Å². The van der Waals surface area contributed by atoms with Gasteiger partial charge in [0.2, 0.25) is 6.79 Å². The Morgan fingerprint density at radius 2 is 1.97 bits per heavy atom. The summed E-state index contributed by atoms with van der Waals surface area (Å²) in [4.78, 5) is 41.8. The maximum absolute atomic E-state index is 13.0. The van der Waals surface area contributed by atoms with Gasteiger partial charge in [-0.2, -0.15) is 0 Å². The number of fused-ring (bicyclic) bond motifs is 4. The first-order valence-electron chi connectivity index (χ1n) is 11.8. The molecule has 0 spiro atoms. The van der Waals surface area contributed by atoms with E-state index in [1.165, 1.54) is 0 Å². The molecule has 12 heteroatoms. The van der Waals surface area contributed by atoms with E-state index in [0.29, 0.717) is 55.6 Å². The normalized spacial score (nSPS) is 16.4. The van der Waals surface area contributed by atoms with E-state index >= 15 is 0 Å². The van der Waals surface area contributed by atoms with E-state index in [-0.39, 0.29) is 36.8 Å². The fraction of sp³-hybridized carbons (Fsp3) is 0.280. The van der Waals surface area contributed by atoms with E-state index in [4.69, 9.17) is 26.4 Å². The predicted octanol–water partition coefficient (Wildman–Crippen LogP) is 3.14. The Hall–Kier alpha value is -3.74. The number of aromatic amines is 1. The summed E-state index contributed by atoms with van der Waals surface area (Å²) in [7, 11) is 0. The zero-order chi connectivity index (χ0) is 25.5. The number of thiazole rings is 1. The van der Waals surface area contributed by atoms with Gasteiger partial charge < -0.3 is 29.8 Å². The van der Waals surface area contributed by atoms with Gasteiger partial charge in [-0.05, 0) is 61.0 Å². The minimum absolute atomic E-state index is 0.00980. The molecule has 1 saturated heterocycles. The van der Waals surface area contributed by atoms with Crippen molar-refractivity contribution in [1.29, 1.82) is 0 Å². The summed E-state index contributed by atoms with van der Waals surface area (Å²) in [5, 5.41) is 6.12. The molecule has 2 aliphatic rings. The van der Waals surface area contributed by atoms with Crippen LogP contribution in [0.1, 0.15) is 38.4 Å². The SMILES string of the molecule is O=C(NCc1ccc2c(c1)OCO2)c1ccc2c(=O)[nH]c3c(C(=O)NC[C@@H]4CCCO4)sc(=S)n3c2c1. The van der Waals surface area contributed by atoms with Gasteiger partial charge in [0.15, 0.2) is 15.5 Å². The van der Waals surface area contributed by atoms with Crippen LogP contribution in [0, 0.1) is 3.95 Å². The highest BCUT2D eigenvalue weighted by Gasteiger charge is 2.21. The topological polar surface area (TPSA) is 123 Å². The molecule has 0 radical (unpaired) electrons. The van der Waals surface area contributed by atoms with Crippen LogP contribution in [0.25, 0.3) is 16.6 Å². The molecule has 2 aromatic heterocycles. The standard InChI is InChI=1S/C25H22N4O6S2/c30-22(26-10-13-3-6-18-19(8-13)35-12-34-18)14-4-5-16-17(9-14)29-21(28-23(16)31)20(37-25(29)36)24(32)27-11-15-2-1-7-33-15/h3-6,8-9,15H,1-2,7,10-12H2,(H,26,30)(H,27,32)(H,28,31)/t15-/m0/s1. The van der Waals surface area contributed by atoms with Crippen molar-refractivity contribution in [3.63, 3.8) is 0 Å². The molecule has 1 fully saturated rings. The largest absolute Gasteiger partial charge is 0.454 e. The molecule has 0 unspecified atom stereocenters. The van der Waals surface area contributed by atoms with E-state index < -0.39 is 0 Å². The van der Waals surface area contributed by atoms with Gasteiger partial charge in [0.1, 0.15) is 10.5 Å². The van der Waals surface area contributed by atoms with Gasteiger partial charge in [0.25, 0.3) is 17.4 Å². The zero-order valence-corrected chi connectivity index (χ0v) is 21.1. The van der Waals surface area contributed by atoms with Crippen LogP contribution >= 0.6 is 23.6 Å². The summed E-state index contributed by atoms with van der Waals surface area (Å²) in [6, 6.07) is 10.3. The molecule has 0 saturated carbocycles. The van der Waals surface area contributed by atoms with Crippen LogP contribution < -0.4 is 25.7 Å². The lowest BCUT2D eigenvalue weighted by atomic mass is 10.1.